The predicted octanol–water partition coefficient (Wildman–Crippen LogP) is 5.63. The lowest BCUT2D eigenvalue weighted by molar-refractivity contribution is -0.137. The highest BCUT2D eigenvalue weighted by molar-refractivity contribution is 7.89. The molecule has 0 spiro atoms. The van der Waals surface area contributed by atoms with Crippen LogP contribution in [0.3, 0.4) is 0 Å². The van der Waals surface area contributed by atoms with E-state index in [-0.39, 0.29) is 17.0 Å². The van der Waals surface area contributed by atoms with Crippen molar-refractivity contribution in [3.8, 4) is 0 Å². The number of halogens is 4. The van der Waals surface area contributed by atoms with Gasteiger partial charge in [0.2, 0.25) is 10.0 Å². The Balaban J connectivity index is 1.88. The summed E-state index contributed by atoms with van der Waals surface area (Å²) in [5.41, 5.74) is 3.52. The zero-order valence-corrected chi connectivity index (χ0v) is 21.9. The monoisotopic (exact) mass is 551 g/mol. The number of rotatable bonds is 8. The van der Waals surface area contributed by atoms with Gasteiger partial charge in [-0.05, 0) is 55.7 Å². The molecule has 37 heavy (non-hydrogen) atoms. The molecule has 0 aliphatic heterocycles. The summed E-state index contributed by atoms with van der Waals surface area (Å²) >= 11 is 5.94. The van der Waals surface area contributed by atoms with Crippen LogP contribution in [-0.2, 0) is 27.5 Å². The first kappa shape index (κ1) is 28.4. The second-order valence-corrected chi connectivity index (χ2v) is 10.8. The Morgan fingerprint density at radius 1 is 1.03 bits per heavy atom. The van der Waals surface area contributed by atoms with E-state index in [2.05, 4.69) is 10.5 Å². The molecule has 0 fully saturated rings. The van der Waals surface area contributed by atoms with E-state index in [1.165, 1.54) is 18.2 Å². The van der Waals surface area contributed by atoms with Crippen molar-refractivity contribution in [3.05, 3.63) is 99.1 Å². The van der Waals surface area contributed by atoms with E-state index < -0.39 is 34.2 Å². The van der Waals surface area contributed by atoms with E-state index >= 15 is 0 Å². The van der Waals surface area contributed by atoms with Gasteiger partial charge in [0.25, 0.3) is 5.91 Å². The summed E-state index contributed by atoms with van der Waals surface area (Å²) in [7, 11) is -4.15. The molecule has 0 radical (unpaired) electrons. The fraction of sp³-hybridized carbons (Fsp3) is 0.231. The van der Waals surface area contributed by atoms with E-state index in [1.54, 1.807) is 50.2 Å². The van der Waals surface area contributed by atoms with Crippen molar-refractivity contribution in [2.75, 3.05) is 6.54 Å². The molecular formula is C26H25ClF3N3O3S. The van der Waals surface area contributed by atoms with Gasteiger partial charge in [0.15, 0.2) is 0 Å². The fourth-order valence-electron chi connectivity index (χ4n) is 3.96. The molecule has 196 valence electrons. The van der Waals surface area contributed by atoms with Crippen LogP contribution in [0.4, 0.5) is 13.2 Å². The van der Waals surface area contributed by atoms with Crippen LogP contribution in [0.5, 0.6) is 0 Å². The zero-order valence-electron chi connectivity index (χ0n) is 20.3. The third-order valence-corrected chi connectivity index (χ3v) is 7.80. The van der Waals surface area contributed by atoms with Gasteiger partial charge in [0.05, 0.1) is 23.2 Å². The number of benzene rings is 3. The minimum absolute atomic E-state index is 0.0856. The van der Waals surface area contributed by atoms with E-state index in [0.717, 1.165) is 22.1 Å². The minimum Gasteiger partial charge on any atom is -0.272 e. The Morgan fingerprint density at radius 3 is 2.22 bits per heavy atom. The topological polar surface area (TPSA) is 78.8 Å². The van der Waals surface area contributed by atoms with E-state index in [0.29, 0.717) is 21.7 Å². The van der Waals surface area contributed by atoms with Crippen LogP contribution < -0.4 is 5.43 Å². The molecule has 0 bridgehead atoms. The van der Waals surface area contributed by atoms with E-state index in [9.17, 15) is 26.4 Å². The average Bonchev–Trinajstić information content (AvgIpc) is 2.79. The summed E-state index contributed by atoms with van der Waals surface area (Å²) in [4.78, 5) is 12.8. The third-order valence-electron chi connectivity index (χ3n) is 5.45. The van der Waals surface area contributed by atoms with Gasteiger partial charge >= 0.3 is 6.18 Å². The molecule has 1 N–H and O–H groups in total. The van der Waals surface area contributed by atoms with Gasteiger partial charge in [0.1, 0.15) is 0 Å². The normalized spacial score (nSPS) is 12.3. The van der Waals surface area contributed by atoms with Gasteiger partial charge < -0.3 is 0 Å². The summed E-state index contributed by atoms with van der Waals surface area (Å²) in [6, 6.07) is 14.7. The first-order valence-corrected chi connectivity index (χ1v) is 12.9. The molecule has 0 aromatic heterocycles. The van der Waals surface area contributed by atoms with Crippen molar-refractivity contribution >= 4 is 33.7 Å². The molecular weight excluding hydrogens is 527 g/mol. The van der Waals surface area contributed by atoms with E-state index in [1.807, 2.05) is 6.92 Å². The molecule has 0 heterocycles. The number of hydrogen-bond acceptors (Lipinski definition) is 4. The molecule has 0 atom stereocenters. The van der Waals surface area contributed by atoms with Gasteiger partial charge in [-0.15, -0.1) is 0 Å². The second-order valence-electron chi connectivity index (χ2n) is 8.51. The van der Waals surface area contributed by atoms with Gasteiger partial charge in [-0.3, -0.25) is 4.79 Å². The number of hydrogen-bond donors (Lipinski definition) is 1. The van der Waals surface area contributed by atoms with Gasteiger partial charge in [-0.1, -0.05) is 59.6 Å². The average molecular weight is 552 g/mol. The zero-order chi connectivity index (χ0) is 27.4. The number of nitrogens with zero attached hydrogens (tertiary/aromatic N) is 2. The number of carbonyl (C=O) groups excluding carboxylic acids is 1. The Kier molecular flexibility index (Phi) is 8.78. The summed E-state index contributed by atoms with van der Waals surface area (Å²) in [6.07, 6.45) is -3.73. The highest BCUT2D eigenvalue weighted by Gasteiger charge is 2.33. The Morgan fingerprint density at radius 2 is 1.62 bits per heavy atom. The van der Waals surface area contributed by atoms with Crippen LogP contribution in [-0.4, -0.2) is 31.4 Å². The summed E-state index contributed by atoms with van der Waals surface area (Å²) in [5.74, 6) is -0.819. The second kappa shape index (κ2) is 11.5. The van der Waals surface area contributed by atoms with Crippen molar-refractivity contribution in [2.24, 2.45) is 5.10 Å². The fourth-order valence-corrected chi connectivity index (χ4v) is 5.88. The summed E-state index contributed by atoms with van der Waals surface area (Å²) < 4.78 is 68.0. The van der Waals surface area contributed by atoms with Crippen LogP contribution in [0.1, 0.15) is 33.4 Å². The molecule has 0 aliphatic rings. The molecule has 3 rings (SSSR count). The quantitative estimate of drug-likeness (QED) is 0.291. The number of alkyl halides is 3. The molecule has 0 unspecified atom stereocenters. The molecule has 3 aromatic rings. The molecule has 3 aromatic carbocycles. The van der Waals surface area contributed by atoms with Crippen molar-refractivity contribution < 1.29 is 26.4 Å². The number of aryl methyl sites for hydroxylation is 3. The summed E-state index contributed by atoms with van der Waals surface area (Å²) in [5, 5.41) is 4.09. The smallest absolute Gasteiger partial charge is 0.272 e. The standard InChI is InChI=1S/C26H25ClF3N3O3S/c1-17-12-18(2)25(19(3)13-17)37(35,36)33(15-20-8-10-22(27)11-9-20)16-24(34)32-31-14-21-6-4-5-7-23(21)26(28,29)30/h4-14H,15-16H2,1-3H3,(H,32,34)/b31-14+. The van der Waals surface area contributed by atoms with Crippen LogP contribution >= 0.6 is 11.6 Å². The Hall–Kier alpha value is -3.21. The highest BCUT2D eigenvalue weighted by atomic mass is 35.5. The molecule has 0 saturated heterocycles. The first-order chi connectivity index (χ1) is 17.3. The number of carbonyl (C=O) groups is 1. The lowest BCUT2D eigenvalue weighted by atomic mass is 10.1. The molecule has 0 aliphatic carbocycles. The number of sulfonamides is 1. The lowest BCUT2D eigenvalue weighted by Gasteiger charge is -2.24. The Labute approximate surface area is 218 Å². The van der Waals surface area contributed by atoms with Gasteiger partial charge in [-0.25, -0.2) is 13.8 Å². The number of nitrogens with one attached hydrogen (secondary N) is 1. The number of amides is 1. The first-order valence-electron chi connectivity index (χ1n) is 11.1. The van der Waals surface area contributed by atoms with Crippen LogP contribution in [0, 0.1) is 20.8 Å². The molecule has 0 saturated carbocycles. The van der Waals surface area contributed by atoms with Crippen molar-refractivity contribution in [1.82, 2.24) is 9.73 Å². The third kappa shape index (κ3) is 7.18. The van der Waals surface area contributed by atoms with E-state index in [4.69, 9.17) is 11.6 Å². The van der Waals surface area contributed by atoms with Gasteiger partial charge in [-0.2, -0.15) is 22.6 Å². The largest absolute Gasteiger partial charge is 0.417 e. The van der Waals surface area contributed by atoms with Crippen LogP contribution in [0.25, 0.3) is 0 Å². The maximum Gasteiger partial charge on any atom is 0.417 e. The van der Waals surface area contributed by atoms with Crippen molar-refractivity contribution in [1.29, 1.82) is 0 Å². The molecule has 6 nitrogen and oxygen atoms in total. The summed E-state index contributed by atoms with van der Waals surface area (Å²) in [6.45, 7) is 4.45. The van der Waals surface area contributed by atoms with Crippen molar-refractivity contribution in [3.63, 3.8) is 0 Å². The predicted molar refractivity (Wildman–Crippen MR) is 137 cm³/mol. The molecule has 1 amide bonds. The van der Waals surface area contributed by atoms with Gasteiger partial charge in [0, 0.05) is 17.1 Å². The minimum atomic E-state index is -4.60. The number of hydrazone groups is 1. The Bertz CT molecular complexity index is 1400. The highest BCUT2D eigenvalue weighted by Crippen LogP contribution is 2.31. The maximum absolute atomic E-state index is 13.7. The molecule has 11 heteroatoms. The SMILES string of the molecule is Cc1cc(C)c(S(=O)(=O)N(CC(=O)N/N=C/c2ccccc2C(F)(F)F)Cc2ccc(Cl)cc2)c(C)c1. The lowest BCUT2D eigenvalue weighted by Crippen LogP contribution is -2.39. The maximum atomic E-state index is 13.7. The van der Waals surface area contributed by atoms with Crippen LogP contribution in [0.15, 0.2) is 70.7 Å². The van der Waals surface area contributed by atoms with Crippen LogP contribution in [0.2, 0.25) is 5.02 Å². The van der Waals surface area contributed by atoms with Crippen molar-refractivity contribution in [2.45, 2.75) is 38.4 Å².